The van der Waals surface area contributed by atoms with E-state index in [1.807, 2.05) is 0 Å². The molecule has 0 saturated carbocycles. The summed E-state index contributed by atoms with van der Waals surface area (Å²) in [5.41, 5.74) is 0.466. The maximum absolute atomic E-state index is 11.5. The van der Waals surface area contributed by atoms with Gasteiger partial charge < -0.3 is 14.8 Å². The van der Waals surface area contributed by atoms with Gasteiger partial charge in [0.15, 0.2) is 0 Å². The lowest BCUT2D eigenvalue weighted by Crippen LogP contribution is -2.04. The number of esters is 1. The number of anilines is 2. The second-order valence-corrected chi connectivity index (χ2v) is 5.11. The second-order valence-electron chi connectivity index (χ2n) is 5.11. The highest BCUT2D eigenvalue weighted by molar-refractivity contribution is 5.89. The van der Waals surface area contributed by atoms with Gasteiger partial charge in [-0.3, -0.25) is 15.1 Å². The molecule has 0 unspecified atom stereocenters. The van der Waals surface area contributed by atoms with Crippen molar-refractivity contribution >= 4 is 23.2 Å². The summed E-state index contributed by atoms with van der Waals surface area (Å²) in [6.07, 6.45) is 4.22. The zero-order valence-corrected chi connectivity index (χ0v) is 14.0. The van der Waals surface area contributed by atoms with Crippen molar-refractivity contribution in [2.75, 3.05) is 12.4 Å². The monoisotopic (exact) mass is 367 g/mol. The molecule has 10 heteroatoms. The van der Waals surface area contributed by atoms with Gasteiger partial charge >= 0.3 is 17.5 Å². The molecule has 3 aromatic rings. The highest BCUT2D eigenvalue weighted by atomic mass is 16.6. The van der Waals surface area contributed by atoms with Gasteiger partial charge in [0.2, 0.25) is 5.82 Å². The van der Waals surface area contributed by atoms with Crippen molar-refractivity contribution in [1.29, 1.82) is 0 Å². The Bertz CT molecular complexity index is 963. The standard InChI is InChI=1S/C17H13N5O5/c1-26-17(23)11-2-4-13(5-3-11)27-16-14(22(24)25)15(19-10-20-16)21-12-6-8-18-9-7-12/h2-10H,1H3,(H,18,19,20,21). The van der Waals surface area contributed by atoms with E-state index < -0.39 is 16.6 Å². The molecule has 2 heterocycles. The van der Waals surface area contributed by atoms with E-state index in [9.17, 15) is 14.9 Å². The number of carbonyl (C=O) groups excluding carboxylic acids is 1. The van der Waals surface area contributed by atoms with Gasteiger partial charge in [0.25, 0.3) is 0 Å². The number of ether oxygens (including phenoxy) is 2. The van der Waals surface area contributed by atoms with Crippen molar-refractivity contribution in [2.24, 2.45) is 0 Å². The lowest BCUT2D eigenvalue weighted by Gasteiger charge is -2.09. The van der Waals surface area contributed by atoms with Crippen molar-refractivity contribution < 1.29 is 19.2 Å². The Hall–Kier alpha value is -4.08. The van der Waals surface area contributed by atoms with Gasteiger partial charge in [-0.1, -0.05) is 0 Å². The van der Waals surface area contributed by atoms with Crippen LogP contribution in [-0.4, -0.2) is 33.0 Å². The van der Waals surface area contributed by atoms with Gasteiger partial charge in [0.1, 0.15) is 12.1 Å². The van der Waals surface area contributed by atoms with Crippen LogP contribution in [0.5, 0.6) is 11.6 Å². The Labute approximate surface area is 153 Å². The fourth-order valence-electron chi connectivity index (χ4n) is 2.15. The minimum atomic E-state index is -0.637. The molecule has 1 N–H and O–H groups in total. The maximum Gasteiger partial charge on any atom is 0.373 e. The Morgan fingerprint density at radius 1 is 1.11 bits per heavy atom. The van der Waals surface area contributed by atoms with Gasteiger partial charge in [-0.15, -0.1) is 0 Å². The van der Waals surface area contributed by atoms with E-state index in [-0.39, 0.29) is 17.4 Å². The first kappa shape index (κ1) is 17.7. The zero-order valence-electron chi connectivity index (χ0n) is 14.0. The van der Waals surface area contributed by atoms with Crippen LogP contribution < -0.4 is 10.1 Å². The normalized spacial score (nSPS) is 10.1. The Morgan fingerprint density at radius 2 is 1.81 bits per heavy atom. The van der Waals surface area contributed by atoms with E-state index in [4.69, 9.17) is 4.74 Å². The summed E-state index contributed by atoms with van der Waals surface area (Å²) in [4.78, 5) is 34.0. The second kappa shape index (κ2) is 7.87. The number of pyridine rings is 1. The Balaban J connectivity index is 1.90. The molecule has 1 aromatic carbocycles. The number of hydrogen-bond acceptors (Lipinski definition) is 9. The van der Waals surface area contributed by atoms with E-state index in [0.717, 1.165) is 6.33 Å². The average molecular weight is 367 g/mol. The molecule has 136 valence electrons. The molecule has 2 aromatic heterocycles. The molecule has 0 saturated heterocycles. The van der Waals surface area contributed by atoms with Crippen molar-refractivity contribution in [3.63, 3.8) is 0 Å². The lowest BCUT2D eigenvalue weighted by molar-refractivity contribution is -0.385. The van der Waals surface area contributed by atoms with Crippen molar-refractivity contribution in [3.8, 4) is 11.6 Å². The molecule has 0 amide bonds. The summed E-state index contributed by atoms with van der Waals surface area (Å²) in [5, 5.41) is 14.4. The SMILES string of the molecule is COC(=O)c1ccc(Oc2ncnc(Nc3ccncc3)c2[N+](=O)[O-])cc1. The van der Waals surface area contributed by atoms with Gasteiger partial charge in [-0.05, 0) is 36.4 Å². The van der Waals surface area contributed by atoms with Crippen LogP contribution in [0.15, 0.2) is 55.1 Å². The van der Waals surface area contributed by atoms with Gasteiger partial charge in [0.05, 0.1) is 17.6 Å². The molecule has 3 rings (SSSR count). The fraction of sp³-hybridized carbons (Fsp3) is 0.0588. The van der Waals surface area contributed by atoms with Gasteiger partial charge in [0, 0.05) is 18.1 Å². The molecular formula is C17H13N5O5. The van der Waals surface area contributed by atoms with E-state index in [2.05, 4.69) is 25.0 Å². The van der Waals surface area contributed by atoms with Crippen LogP contribution in [0.2, 0.25) is 0 Å². The Kier molecular flexibility index (Phi) is 5.17. The molecule has 10 nitrogen and oxygen atoms in total. The van der Waals surface area contributed by atoms with E-state index in [1.54, 1.807) is 12.1 Å². The van der Waals surface area contributed by atoms with Crippen LogP contribution in [0.3, 0.4) is 0 Å². The number of aromatic nitrogens is 3. The van der Waals surface area contributed by atoms with Crippen molar-refractivity contribution in [2.45, 2.75) is 0 Å². The highest BCUT2D eigenvalue weighted by Crippen LogP contribution is 2.35. The predicted octanol–water partition coefficient (Wildman–Crippen LogP) is 3.10. The van der Waals surface area contributed by atoms with E-state index >= 15 is 0 Å². The molecule has 0 bridgehead atoms. The van der Waals surface area contributed by atoms with Crippen LogP contribution in [0.25, 0.3) is 0 Å². The first-order chi connectivity index (χ1) is 13.1. The number of methoxy groups -OCH3 is 1. The van der Waals surface area contributed by atoms with Crippen LogP contribution in [0.4, 0.5) is 17.2 Å². The van der Waals surface area contributed by atoms with Crippen molar-refractivity contribution in [1.82, 2.24) is 15.0 Å². The number of hydrogen-bond donors (Lipinski definition) is 1. The molecule has 0 aliphatic carbocycles. The van der Waals surface area contributed by atoms with Gasteiger partial charge in [-0.2, -0.15) is 4.98 Å². The molecule has 0 radical (unpaired) electrons. The quantitative estimate of drug-likeness (QED) is 0.397. The predicted molar refractivity (Wildman–Crippen MR) is 94.1 cm³/mol. The highest BCUT2D eigenvalue weighted by Gasteiger charge is 2.25. The van der Waals surface area contributed by atoms with E-state index in [1.165, 1.54) is 43.8 Å². The summed E-state index contributed by atoms with van der Waals surface area (Å²) in [5.74, 6) is -0.502. The molecule has 0 atom stereocenters. The molecule has 0 aliphatic rings. The first-order valence-electron chi connectivity index (χ1n) is 7.61. The molecule has 0 aliphatic heterocycles. The number of rotatable bonds is 6. The average Bonchev–Trinajstić information content (AvgIpc) is 2.68. The molecule has 27 heavy (non-hydrogen) atoms. The first-order valence-corrected chi connectivity index (χ1v) is 7.61. The molecular weight excluding hydrogens is 354 g/mol. The third kappa shape index (κ3) is 4.12. The van der Waals surface area contributed by atoms with Crippen LogP contribution >= 0.6 is 0 Å². The third-order valence-electron chi connectivity index (χ3n) is 3.40. The zero-order chi connectivity index (χ0) is 19.2. The molecule has 0 fully saturated rings. The summed E-state index contributed by atoms with van der Waals surface area (Å²) in [6, 6.07) is 9.19. The summed E-state index contributed by atoms with van der Waals surface area (Å²) in [7, 11) is 1.27. The minimum absolute atomic E-state index is 0.0256. The molecule has 0 spiro atoms. The lowest BCUT2D eigenvalue weighted by atomic mass is 10.2. The fourth-order valence-corrected chi connectivity index (χ4v) is 2.15. The summed E-state index contributed by atoms with van der Waals surface area (Å²) < 4.78 is 10.1. The number of nitrogens with zero attached hydrogens (tertiary/aromatic N) is 4. The maximum atomic E-state index is 11.5. The smallest absolute Gasteiger partial charge is 0.373 e. The summed E-state index contributed by atoms with van der Waals surface area (Å²) in [6.45, 7) is 0. The number of benzene rings is 1. The number of nitrogens with one attached hydrogen (secondary N) is 1. The summed E-state index contributed by atoms with van der Waals surface area (Å²) >= 11 is 0. The topological polar surface area (TPSA) is 129 Å². The van der Waals surface area contributed by atoms with Crippen LogP contribution in [-0.2, 0) is 4.74 Å². The van der Waals surface area contributed by atoms with Gasteiger partial charge in [-0.25, -0.2) is 9.78 Å². The van der Waals surface area contributed by atoms with Crippen LogP contribution in [0, 0.1) is 10.1 Å². The van der Waals surface area contributed by atoms with Crippen molar-refractivity contribution in [3.05, 3.63) is 70.8 Å². The number of carbonyl (C=O) groups is 1. The van der Waals surface area contributed by atoms with Crippen LogP contribution in [0.1, 0.15) is 10.4 Å². The third-order valence-corrected chi connectivity index (χ3v) is 3.40. The van der Waals surface area contributed by atoms with E-state index in [0.29, 0.717) is 11.3 Å². The largest absolute Gasteiger partial charge is 0.465 e. The minimum Gasteiger partial charge on any atom is -0.465 e. The Morgan fingerprint density at radius 3 is 2.44 bits per heavy atom. The number of nitro groups is 1.